The lowest BCUT2D eigenvalue weighted by Crippen LogP contribution is -2.45. The zero-order valence-corrected chi connectivity index (χ0v) is 8.19. The third-order valence-electron chi connectivity index (χ3n) is 2.63. The van der Waals surface area contributed by atoms with E-state index in [1.165, 1.54) is 4.90 Å². The molecule has 14 heavy (non-hydrogen) atoms. The number of hydrogen-bond acceptors (Lipinski definition) is 2. The first-order chi connectivity index (χ1) is 6.53. The minimum absolute atomic E-state index is 0.0374. The van der Waals surface area contributed by atoms with E-state index in [1.807, 2.05) is 0 Å². The van der Waals surface area contributed by atoms with Crippen molar-refractivity contribution in [3.05, 3.63) is 0 Å². The van der Waals surface area contributed by atoms with Crippen molar-refractivity contribution >= 4 is 0 Å². The summed E-state index contributed by atoms with van der Waals surface area (Å²) in [6, 6.07) is 0.0374. The third-order valence-corrected chi connectivity index (χ3v) is 2.63. The standard InChI is InChI=1S/C9H17F3N2/c10-9(11,12)7-14-6-2-1-3-8(14)4-5-13/h8H,1-7,13H2. The molecule has 0 spiro atoms. The molecule has 0 saturated carbocycles. The van der Waals surface area contributed by atoms with Gasteiger partial charge < -0.3 is 5.73 Å². The number of hydrogen-bond donors (Lipinski definition) is 1. The molecule has 1 atom stereocenters. The van der Waals surface area contributed by atoms with Gasteiger partial charge in [0.05, 0.1) is 6.54 Å². The molecule has 2 N–H and O–H groups in total. The lowest BCUT2D eigenvalue weighted by molar-refractivity contribution is -0.153. The second kappa shape index (κ2) is 4.98. The van der Waals surface area contributed by atoms with Gasteiger partial charge >= 0.3 is 6.18 Å². The van der Waals surface area contributed by atoms with E-state index in [-0.39, 0.29) is 6.04 Å². The van der Waals surface area contributed by atoms with Crippen LogP contribution < -0.4 is 5.73 Å². The van der Waals surface area contributed by atoms with Crippen LogP contribution in [-0.2, 0) is 0 Å². The molecule has 1 rings (SSSR count). The van der Waals surface area contributed by atoms with E-state index in [0.29, 0.717) is 19.5 Å². The zero-order chi connectivity index (χ0) is 10.6. The third kappa shape index (κ3) is 3.84. The van der Waals surface area contributed by atoms with E-state index in [9.17, 15) is 13.2 Å². The lowest BCUT2D eigenvalue weighted by atomic mass is 9.99. The van der Waals surface area contributed by atoms with Gasteiger partial charge in [-0.3, -0.25) is 4.90 Å². The molecule has 2 nitrogen and oxygen atoms in total. The van der Waals surface area contributed by atoms with Gasteiger partial charge in [0.25, 0.3) is 0 Å². The van der Waals surface area contributed by atoms with Crippen LogP contribution in [-0.4, -0.2) is 36.8 Å². The Balaban J connectivity index is 2.45. The summed E-state index contributed by atoms with van der Waals surface area (Å²) < 4.78 is 36.5. The molecule has 1 fully saturated rings. The molecule has 84 valence electrons. The molecule has 1 unspecified atom stereocenters. The minimum atomic E-state index is -4.08. The summed E-state index contributed by atoms with van der Waals surface area (Å²) >= 11 is 0. The smallest absolute Gasteiger partial charge is 0.330 e. The highest BCUT2D eigenvalue weighted by Crippen LogP contribution is 2.24. The van der Waals surface area contributed by atoms with Crippen LogP contribution in [0.5, 0.6) is 0 Å². The number of nitrogens with two attached hydrogens (primary N) is 1. The van der Waals surface area contributed by atoms with E-state index in [2.05, 4.69) is 0 Å². The van der Waals surface area contributed by atoms with Gasteiger partial charge in [-0.2, -0.15) is 13.2 Å². The fourth-order valence-electron chi connectivity index (χ4n) is 2.02. The van der Waals surface area contributed by atoms with Crippen molar-refractivity contribution in [3.63, 3.8) is 0 Å². The molecule has 1 aliphatic rings. The fraction of sp³-hybridized carbons (Fsp3) is 1.00. The average Bonchev–Trinajstić information content (AvgIpc) is 2.06. The van der Waals surface area contributed by atoms with Crippen LogP contribution in [0, 0.1) is 0 Å². The van der Waals surface area contributed by atoms with Gasteiger partial charge in [-0.15, -0.1) is 0 Å². The van der Waals surface area contributed by atoms with Crippen molar-refractivity contribution < 1.29 is 13.2 Å². The van der Waals surface area contributed by atoms with E-state index >= 15 is 0 Å². The Morgan fingerprint density at radius 2 is 2.00 bits per heavy atom. The van der Waals surface area contributed by atoms with Crippen molar-refractivity contribution in [2.45, 2.75) is 37.9 Å². The fourth-order valence-corrected chi connectivity index (χ4v) is 2.02. The number of nitrogens with zero attached hydrogens (tertiary/aromatic N) is 1. The van der Waals surface area contributed by atoms with Crippen molar-refractivity contribution in [2.24, 2.45) is 5.73 Å². The summed E-state index contributed by atoms with van der Waals surface area (Å²) in [6.07, 6.45) is -0.649. The Morgan fingerprint density at radius 3 is 2.57 bits per heavy atom. The van der Waals surface area contributed by atoms with E-state index in [4.69, 9.17) is 5.73 Å². The van der Waals surface area contributed by atoms with Gasteiger partial charge in [0.1, 0.15) is 0 Å². The Bertz CT molecular complexity index is 168. The second-order valence-corrected chi connectivity index (χ2v) is 3.81. The van der Waals surface area contributed by atoms with Crippen LogP contribution in [0.1, 0.15) is 25.7 Å². The largest absolute Gasteiger partial charge is 0.401 e. The quantitative estimate of drug-likeness (QED) is 0.769. The highest BCUT2D eigenvalue weighted by molar-refractivity contribution is 4.78. The van der Waals surface area contributed by atoms with Gasteiger partial charge in [0.2, 0.25) is 0 Å². The molecule has 0 aromatic carbocycles. The monoisotopic (exact) mass is 210 g/mol. The van der Waals surface area contributed by atoms with E-state index in [1.54, 1.807) is 0 Å². The van der Waals surface area contributed by atoms with Crippen LogP contribution in [0.4, 0.5) is 13.2 Å². The second-order valence-electron chi connectivity index (χ2n) is 3.81. The van der Waals surface area contributed by atoms with Crippen LogP contribution >= 0.6 is 0 Å². The van der Waals surface area contributed by atoms with Crippen LogP contribution in [0.25, 0.3) is 0 Å². The average molecular weight is 210 g/mol. The van der Waals surface area contributed by atoms with Crippen molar-refractivity contribution in [2.75, 3.05) is 19.6 Å². The molecule has 0 aromatic rings. The Kier molecular flexibility index (Phi) is 4.19. The summed E-state index contributed by atoms with van der Waals surface area (Å²) in [7, 11) is 0. The van der Waals surface area contributed by atoms with E-state index in [0.717, 1.165) is 19.3 Å². The number of alkyl halides is 3. The maximum atomic E-state index is 12.2. The zero-order valence-electron chi connectivity index (χ0n) is 8.19. The molecular formula is C9H17F3N2. The molecule has 5 heteroatoms. The molecule has 1 saturated heterocycles. The Morgan fingerprint density at radius 1 is 1.29 bits per heavy atom. The normalized spacial score (nSPS) is 25.3. The van der Waals surface area contributed by atoms with Crippen molar-refractivity contribution in [1.82, 2.24) is 4.90 Å². The van der Waals surface area contributed by atoms with Crippen LogP contribution in [0.3, 0.4) is 0 Å². The predicted octanol–water partition coefficient (Wildman–Crippen LogP) is 1.75. The molecule has 1 heterocycles. The molecule has 0 amide bonds. The van der Waals surface area contributed by atoms with Gasteiger partial charge in [0.15, 0.2) is 0 Å². The maximum absolute atomic E-state index is 12.2. The first-order valence-electron chi connectivity index (χ1n) is 5.04. The van der Waals surface area contributed by atoms with Crippen molar-refractivity contribution in [3.8, 4) is 0 Å². The minimum Gasteiger partial charge on any atom is -0.330 e. The molecule has 0 aliphatic carbocycles. The Hall–Kier alpha value is -0.290. The lowest BCUT2D eigenvalue weighted by Gasteiger charge is -2.35. The summed E-state index contributed by atoms with van der Waals surface area (Å²) in [4.78, 5) is 1.52. The van der Waals surface area contributed by atoms with Gasteiger partial charge in [-0.05, 0) is 32.4 Å². The van der Waals surface area contributed by atoms with Gasteiger partial charge in [-0.1, -0.05) is 6.42 Å². The topological polar surface area (TPSA) is 29.3 Å². The van der Waals surface area contributed by atoms with Crippen LogP contribution in [0.2, 0.25) is 0 Å². The molecule has 0 radical (unpaired) electrons. The SMILES string of the molecule is NCCC1CCCCN1CC(F)(F)F. The van der Waals surface area contributed by atoms with Gasteiger partial charge in [-0.25, -0.2) is 0 Å². The maximum Gasteiger partial charge on any atom is 0.401 e. The Labute approximate surface area is 82.2 Å². The molecule has 0 bridgehead atoms. The highest BCUT2D eigenvalue weighted by Gasteiger charge is 2.34. The van der Waals surface area contributed by atoms with E-state index < -0.39 is 12.7 Å². The summed E-state index contributed by atoms with van der Waals surface area (Å²) in [5.41, 5.74) is 5.38. The number of halogens is 3. The number of piperidine rings is 1. The number of likely N-dealkylation sites (tertiary alicyclic amines) is 1. The van der Waals surface area contributed by atoms with Crippen LogP contribution in [0.15, 0.2) is 0 Å². The first kappa shape index (κ1) is 11.8. The first-order valence-corrected chi connectivity index (χ1v) is 5.04. The number of rotatable bonds is 3. The predicted molar refractivity (Wildman–Crippen MR) is 48.9 cm³/mol. The highest BCUT2D eigenvalue weighted by atomic mass is 19.4. The van der Waals surface area contributed by atoms with Crippen molar-refractivity contribution in [1.29, 1.82) is 0 Å². The summed E-state index contributed by atoms with van der Waals surface area (Å²) in [5, 5.41) is 0. The molecular weight excluding hydrogens is 193 g/mol. The van der Waals surface area contributed by atoms with Gasteiger partial charge in [0, 0.05) is 6.04 Å². The summed E-state index contributed by atoms with van der Waals surface area (Å²) in [5.74, 6) is 0. The summed E-state index contributed by atoms with van der Waals surface area (Å²) in [6.45, 7) is 0.251. The molecule has 1 aliphatic heterocycles. The molecule has 0 aromatic heterocycles.